The number of hydrogen-bond acceptors (Lipinski definition) is 4. The number of ether oxygens (including phenoxy) is 1. The molecule has 1 fully saturated rings. The Morgan fingerprint density at radius 2 is 2.27 bits per heavy atom. The maximum Gasteiger partial charge on any atom is 0.216 e. The van der Waals surface area contributed by atoms with Crippen LogP contribution in [-0.4, -0.2) is 56.0 Å². The van der Waals surface area contributed by atoms with Gasteiger partial charge >= 0.3 is 0 Å². The number of rotatable bonds is 5. The first-order valence-electron chi connectivity index (χ1n) is 5.30. The number of sulfonamides is 1. The van der Waals surface area contributed by atoms with Gasteiger partial charge in [0.1, 0.15) is 0 Å². The topological polar surface area (TPSA) is 66.8 Å². The molecule has 0 aromatic carbocycles. The summed E-state index contributed by atoms with van der Waals surface area (Å²) in [4.78, 5) is 0. The van der Waals surface area contributed by atoms with Crippen molar-refractivity contribution in [2.24, 2.45) is 0 Å². The van der Waals surface area contributed by atoms with Gasteiger partial charge in [0.15, 0.2) is 0 Å². The van der Waals surface area contributed by atoms with Gasteiger partial charge in [-0.25, -0.2) is 8.42 Å². The smallest absolute Gasteiger partial charge is 0.216 e. The summed E-state index contributed by atoms with van der Waals surface area (Å²) in [6, 6.07) is 0. The summed E-state index contributed by atoms with van der Waals surface area (Å²) in [5.74, 6) is -0.189. The molecule has 0 radical (unpaired) electrons. The highest BCUT2D eigenvalue weighted by atomic mass is 32.2. The number of piperidine rings is 1. The minimum absolute atomic E-state index is 0.0113. The fraction of sp³-hybridized carbons (Fsp3) is 1.00. The maximum absolute atomic E-state index is 11.6. The third-order valence-electron chi connectivity index (χ3n) is 2.49. The molecule has 0 bridgehead atoms. The second-order valence-corrected chi connectivity index (χ2v) is 5.71. The molecule has 1 aliphatic heterocycles. The van der Waals surface area contributed by atoms with Gasteiger partial charge in [0.05, 0.1) is 18.5 Å². The molecule has 1 N–H and O–H groups in total. The molecule has 0 saturated carbocycles. The molecule has 0 amide bonds. The Morgan fingerprint density at radius 1 is 1.53 bits per heavy atom. The van der Waals surface area contributed by atoms with E-state index in [0.29, 0.717) is 19.7 Å². The van der Waals surface area contributed by atoms with Crippen molar-refractivity contribution in [1.29, 1.82) is 0 Å². The summed E-state index contributed by atoms with van der Waals surface area (Å²) in [5.41, 5.74) is 0. The highest BCUT2D eigenvalue weighted by Crippen LogP contribution is 2.16. The van der Waals surface area contributed by atoms with Crippen molar-refractivity contribution in [2.75, 3.05) is 32.1 Å². The molecule has 1 aliphatic rings. The van der Waals surface area contributed by atoms with Crippen LogP contribution in [0.1, 0.15) is 19.8 Å². The number of aliphatic hydroxyl groups excluding tert-OH is 1. The highest BCUT2D eigenvalue weighted by Gasteiger charge is 2.28. The molecule has 1 unspecified atom stereocenters. The van der Waals surface area contributed by atoms with Gasteiger partial charge in [-0.2, -0.15) is 4.31 Å². The van der Waals surface area contributed by atoms with Gasteiger partial charge in [-0.3, -0.25) is 0 Å². The lowest BCUT2D eigenvalue weighted by Gasteiger charge is -2.31. The van der Waals surface area contributed by atoms with E-state index in [2.05, 4.69) is 0 Å². The van der Waals surface area contributed by atoms with E-state index >= 15 is 0 Å². The van der Waals surface area contributed by atoms with E-state index in [0.717, 1.165) is 12.8 Å². The van der Waals surface area contributed by atoms with Gasteiger partial charge in [-0.05, 0) is 19.8 Å². The van der Waals surface area contributed by atoms with Crippen molar-refractivity contribution in [3.63, 3.8) is 0 Å². The van der Waals surface area contributed by atoms with Crippen LogP contribution in [0.5, 0.6) is 0 Å². The van der Waals surface area contributed by atoms with Crippen LogP contribution < -0.4 is 0 Å². The summed E-state index contributed by atoms with van der Waals surface area (Å²) >= 11 is 0. The van der Waals surface area contributed by atoms with Crippen molar-refractivity contribution in [1.82, 2.24) is 4.31 Å². The minimum Gasteiger partial charge on any atom is -0.395 e. The van der Waals surface area contributed by atoms with Gasteiger partial charge in [0.2, 0.25) is 10.0 Å². The molecule has 15 heavy (non-hydrogen) atoms. The quantitative estimate of drug-likeness (QED) is 0.719. The normalized spacial score (nSPS) is 24.3. The molecular formula is C9H19NO4S. The summed E-state index contributed by atoms with van der Waals surface area (Å²) in [5, 5.41) is 8.66. The van der Waals surface area contributed by atoms with Crippen LogP contribution in [0.4, 0.5) is 0 Å². The first-order valence-corrected chi connectivity index (χ1v) is 6.91. The molecular weight excluding hydrogens is 218 g/mol. The SMILES string of the molecule is CCOC1CCCN(S(=O)(=O)CCO)C1. The van der Waals surface area contributed by atoms with E-state index in [4.69, 9.17) is 9.84 Å². The van der Waals surface area contributed by atoms with Crippen LogP contribution in [0.2, 0.25) is 0 Å². The van der Waals surface area contributed by atoms with Gasteiger partial charge in [-0.1, -0.05) is 0 Å². The molecule has 1 rings (SSSR count). The average Bonchev–Trinajstić information content (AvgIpc) is 2.19. The lowest BCUT2D eigenvalue weighted by Crippen LogP contribution is -2.44. The largest absolute Gasteiger partial charge is 0.395 e. The molecule has 5 nitrogen and oxygen atoms in total. The van der Waals surface area contributed by atoms with Crippen molar-refractivity contribution in [3.8, 4) is 0 Å². The van der Waals surface area contributed by atoms with E-state index < -0.39 is 10.0 Å². The van der Waals surface area contributed by atoms with Crippen molar-refractivity contribution >= 4 is 10.0 Å². The molecule has 0 aromatic rings. The van der Waals surface area contributed by atoms with Gasteiger partial charge in [0, 0.05) is 19.7 Å². The molecule has 90 valence electrons. The van der Waals surface area contributed by atoms with Crippen LogP contribution in [0.15, 0.2) is 0 Å². The Labute approximate surface area is 91.1 Å². The summed E-state index contributed by atoms with van der Waals surface area (Å²) in [6.45, 7) is 3.17. The Balaban J connectivity index is 2.55. The van der Waals surface area contributed by atoms with Crippen LogP contribution in [-0.2, 0) is 14.8 Å². The highest BCUT2D eigenvalue weighted by molar-refractivity contribution is 7.89. The number of hydrogen-bond donors (Lipinski definition) is 1. The second-order valence-electron chi connectivity index (χ2n) is 3.62. The van der Waals surface area contributed by atoms with Crippen LogP contribution in [0.3, 0.4) is 0 Å². The fourth-order valence-corrected chi connectivity index (χ4v) is 3.06. The Hall–Kier alpha value is -0.170. The zero-order chi connectivity index (χ0) is 11.3. The predicted molar refractivity (Wildman–Crippen MR) is 57.1 cm³/mol. The Bertz CT molecular complexity index is 276. The third kappa shape index (κ3) is 3.71. The van der Waals surface area contributed by atoms with Gasteiger partial charge in [0.25, 0.3) is 0 Å². The zero-order valence-corrected chi connectivity index (χ0v) is 9.87. The molecule has 1 atom stereocenters. The standard InChI is InChI=1S/C9H19NO4S/c1-2-14-9-4-3-5-10(8-9)15(12,13)7-6-11/h9,11H,2-8H2,1H3. The van der Waals surface area contributed by atoms with Crippen molar-refractivity contribution in [2.45, 2.75) is 25.9 Å². The van der Waals surface area contributed by atoms with E-state index in [1.807, 2.05) is 6.92 Å². The predicted octanol–water partition coefficient (Wildman–Crippen LogP) is -0.191. The maximum atomic E-state index is 11.6. The molecule has 6 heteroatoms. The summed E-state index contributed by atoms with van der Waals surface area (Å²) in [7, 11) is -3.28. The zero-order valence-electron chi connectivity index (χ0n) is 9.05. The van der Waals surface area contributed by atoms with Crippen molar-refractivity contribution < 1.29 is 18.3 Å². The molecule has 0 aliphatic carbocycles. The second kappa shape index (κ2) is 5.79. The molecule has 0 spiro atoms. The summed E-state index contributed by atoms with van der Waals surface area (Å²) < 4.78 is 30.1. The van der Waals surface area contributed by atoms with Crippen LogP contribution >= 0.6 is 0 Å². The molecule has 1 heterocycles. The first-order chi connectivity index (χ1) is 7.10. The van der Waals surface area contributed by atoms with E-state index in [1.54, 1.807) is 0 Å². The number of aliphatic hydroxyl groups is 1. The van der Waals surface area contributed by atoms with Crippen LogP contribution in [0, 0.1) is 0 Å². The monoisotopic (exact) mass is 237 g/mol. The van der Waals surface area contributed by atoms with Crippen LogP contribution in [0.25, 0.3) is 0 Å². The first kappa shape index (κ1) is 12.9. The number of nitrogens with zero attached hydrogens (tertiary/aromatic N) is 1. The van der Waals surface area contributed by atoms with E-state index in [1.165, 1.54) is 4.31 Å². The lowest BCUT2D eigenvalue weighted by molar-refractivity contribution is 0.0264. The Morgan fingerprint density at radius 3 is 2.87 bits per heavy atom. The van der Waals surface area contributed by atoms with Gasteiger partial charge in [-0.15, -0.1) is 0 Å². The summed E-state index contributed by atoms with van der Waals surface area (Å²) in [6.07, 6.45) is 1.76. The lowest BCUT2D eigenvalue weighted by atomic mass is 10.1. The van der Waals surface area contributed by atoms with Gasteiger partial charge < -0.3 is 9.84 Å². The average molecular weight is 237 g/mol. The van der Waals surface area contributed by atoms with Crippen molar-refractivity contribution in [3.05, 3.63) is 0 Å². The Kier molecular flexibility index (Phi) is 4.98. The van der Waals surface area contributed by atoms with E-state index in [-0.39, 0.29) is 18.5 Å². The minimum atomic E-state index is -3.28. The molecule has 1 saturated heterocycles. The third-order valence-corrected chi connectivity index (χ3v) is 4.30. The fourth-order valence-electron chi connectivity index (χ4n) is 1.77. The molecule has 0 aromatic heterocycles. The van der Waals surface area contributed by atoms with E-state index in [9.17, 15) is 8.42 Å².